The first-order valence-electron chi connectivity index (χ1n) is 8.95. The molecule has 3 aromatic rings. The Hall–Kier alpha value is -2.42. The highest BCUT2D eigenvalue weighted by Gasteiger charge is 2.13. The van der Waals surface area contributed by atoms with Crippen molar-refractivity contribution in [3.05, 3.63) is 107 Å². The van der Waals surface area contributed by atoms with Crippen LogP contribution < -0.4 is 11.1 Å². The molecular weight excluding hydrogens is 304 g/mol. The molecular formula is C23H26N2. The lowest BCUT2D eigenvalue weighted by molar-refractivity contribution is 0.611. The van der Waals surface area contributed by atoms with Crippen LogP contribution in [0, 0.1) is 0 Å². The Labute approximate surface area is 150 Å². The molecule has 0 amide bonds. The maximum Gasteiger partial charge on any atom is 0.0205 e. The third kappa shape index (κ3) is 5.02. The van der Waals surface area contributed by atoms with Gasteiger partial charge in [-0.1, -0.05) is 84.9 Å². The zero-order valence-corrected chi connectivity index (χ0v) is 14.6. The molecule has 25 heavy (non-hydrogen) atoms. The Morgan fingerprint density at radius 1 is 0.680 bits per heavy atom. The van der Waals surface area contributed by atoms with E-state index in [0.717, 1.165) is 19.5 Å². The van der Waals surface area contributed by atoms with E-state index in [0.29, 0.717) is 12.5 Å². The Balaban J connectivity index is 1.59. The number of nitrogens with one attached hydrogen (secondary N) is 1. The van der Waals surface area contributed by atoms with Crippen molar-refractivity contribution >= 4 is 0 Å². The van der Waals surface area contributed by atoms with Crippen LogP contribution in [0.25, 0.3) is 0 Å². The predicted molar refractivity (Wildman–Crippen MR) is 105 cm³/mol. The van der Waals surface area contributed by atoms with Gasteiger partial charge in [-0.05, 0) is 35.2 Å². The zero-order valence-electron chi connectivity index (χ0n) is 14.6. The van der Waals surface area contributed by atoms with Gasteiger partial charge in [0.05, 0.1) is 0 Å². The van der Waals surface area contributed by atoms with Crippen LogP contribution in [-0.4, -0.2) is 6.54 Å². The van der Waals surface area contributed by atoms with E-state index in [1.807, 2.05) is 0 Å². The third-order valence-corrected chi connectivity index (χ3v) is 4.60. The van der Waals surface area contributed by atoms with Crippen LogP contribution in [0.3, 0.4) is 0 Å². The molecule has 0 aliphatic heterocycles. The van der Waals surface area contributed by atoms with Gasteiger partial charge in [0.25, 0.3) is 0 Å². The third-order valence-electron chi connectivity index (χ3n) is 4.60. The molecule has 0 aromatic heterocycles. The van der Waals surface area contributed by atoms with E-state index in [-0.39, 0.29) is 0 Å². The van der Waals surface area contributed by atoms with Crippen LogP contribution in [0.15, 0.2) is 84.9 Å². The van der Waals surface area contributed by atoms with Crippen molar-refractivity contribution in [2.75, 3.05) is 6.54 Å². The van der Waals surface area contributed by atoms with Crippen LogP contribution in [0.5, 0.6) is 0 Å². The largest absolute Gasteiger partial charge is 0.326 e. The van der Waals surface area contributed by atoms with E-state index < -0.39 is 0 Å². The summed E-state index contributed by atoms with van der Waals surface area (Å²) in [6, 6.07) is 30.1. The molecule has 0 saturated heterocycles. The standard InChI is InChI=1S/C23H26N2/c24-17-19-11-13-20(14-12-19)18-25-16-15-23(21-7-3-1-4-8-21)22-9-5-2-6-10-22/h1-14,23,25H,15-18,24H2. The molecule has 0 bridgehead atoms. The van der Waals surface area contributed by atoms with Crippen molar-refractivity contribution in [3.8, 4) is 0 Å². The fourth-order valence-electron chi connectivity index (χ4n) is 3.17. The maximum absolute atomic E-state index is 5.65. The quantitative estimate of drug-likeness (QED) is 0.599. The number of benzene rings is 3. The minimum absolute atomic E-state index is 0.425. The van der Waals surface area contributed by atoms with Gasteiger partial charge in [0.1, 0.15) is 0 Å². The van der Waals surface area contributed by atoms with Gasteiger partial charge in [0.15, 0.2) is 0 Å². The molecule has 0 saturated carbocycles. The second-order valence-corrected chi connectivity index (χ2v) is 6.36. The summed E-state index contributed by atoms with van der Waals surface area (Å²) >= 11 is 0. The van der Waals surface area contributed by atoms with E-state index in [9.17, 15) is 0 Å². The first-order valence-corrected chi connectivity index (χ1v) is 8.95. The molecule has 0 heterocycles. The summed E-state index contributed by atoms with van der Waals surface area (Å²) in [5.74, 6) is 0.425. The topological polar surface area (TPSA) is 38.0 Å². The lowest BCUT2D eigenvalue weighted by Gasteiger charge is -2.18. The summed E-state index contributed by atoms with van der Waals surface area (Å²) in [7, 11) is 0. The summed E-state index contributed by atoms with van der Waals surface area (Å²) in [4.78, 5) is 0. The van der Waals surface area contributed by atoms with Crippen molar-refractivity contribution in [1.82, 2.24) is 5.32 Å². The summed E-state index contributed by atoms with van der Waals surface area (Å²) < 4.78 is 0. The van der Waals surface area contributed by atoms with Crippen LogP contribution in [-0.2, 0) is 13.1 Å². The zero-order chi connectivity index (χ0) is 17.3. The van der Waals surface area contributed by atoms with Gasteiger partial charge < -0.3 is 11.1 Å². The molecule has 128 valence electrons. The fraction of sp³-hybridized carbons (Fsp3) is 0.217. The van der Waals surface area contributed by atoms with Gasteiger partial charge in [-0.2, -0.15) is 0 Å². The summed E-state index contributed by atoms with van der Waals surface area (Å²) in [5, 5.41) is 3.58. The van der Waals surface area contributed by atoms with Gasteiger partial charge in [-0.3, -0.25) is 0 Å². The van der Waals surface area contributed by atoms with Gasteiger partial charge in [0, 0.05) is 19.0 Å². The minimum atomic E-state index is 0.425. The minimum Gasteiger partial charge on any atom is -0.326 e. The van der Waals surface area contributed by atoms with Gasteiger partial charge >= 0.3 is 0 Å². The lowest BCUT2D eigenvalue weighted by Crippen LogP contribution is -2.18. The molecule has 3 aromatic carbocycles. The SMILES string of the molecule is NCc1ccc(CNCCC(c2ccccc2)c2ccccc2)cc1. The molecule has 0 unspecified atom stereocenters. The van der Waals surface area contributed by atoms with E-state index in [2.05, 4.69) is 90.2 Å². The normalized spacial score (nSPS) is 11.0. The van der Waals surface area contributed by atoms with Crippen LogP contribution in [0.2, 0.25) is 0 Å². The molecule has 0 radical (unpaired) electrons. The highest BCUT2D eigenvalue weighted by molar-refractivity contribution is 5.32. The monoisotopic (exact) mass is 330 g/mol. The van der Waals surface area contributed by atoms with E-state index in [1.165, 1.54) is 22.3 Å². The van der Waals surface area contributed by atoms with Gasteiger partial charge in [0.2, 0.25) is 0 Å². The Morgan fingerprint density at radius 2 is 1.20 bits per heavy atom. The number of rotatable bonds is 8. The molecule has 0 spiro atoms. The summed E-state index contributed by atoms with van der Waals surface area (Å²) in [6.45, 7) is 2.47. The fourth-order valence-corrected chi connectivity index (χ4v) is 3.17. The molecule has 0 atom stereocenters. The van der Waals surface area contributed by atoms with Gasteiger partial charge in [-0.25, -0.2) is 0 Å². The summed E-state index contributed by atoms with van der Waals surface area (Å²) in [5.41, 5.74) is 10.9. The number of hydrogen-bond donors (Lipinski definition) is 2. The predicted octanol–water partition coefficient (Wildman–Crippen LogP) is 4.46. The molecule has 2 nitrogen and oxygen atoms in total. The van der Waals surface area contributed by atoms with Gasteiger partial charge in [-0.15, -0.1) is 0 Å². The Kier molecular flexibility index (Phi) is 6.38. The maximum atomic E-state index is 5.65. The first kappa shape index (κ1) is 17.4. The molecule has 2 heteroatoms. The van der Waals surface area contributed by atoms with Crippen LogP contribution >= 0.6 is 0 Å². The lowest BCUT2D eigenvalue weighted by atomic mass is 9.88. The van der Waals surface area contributed by atoms with Crippen LogP contribution in [0.1, 0.15) is 34.6 Å². The molecule has 0 aliphatic carbocycles. The first-order chi connectivity index (χ1) is 12.4. The molecule has 3 N–H and O–H groups in total. The molecule has 3 rings (SSSR count). The van der Waals surface area contributed by atoms with E-state index >= 15 is 0 Å². The molecule has 0 aliphatic rings. The van der Waals surface area contributed by atoms with Crippen molar-refractivity contribution in [3.63, 3.8) is 0 Å². The van der Waals surface area contributed by atoms with E-state index in [4.69, 9.17) is 5.73 Å². The number of hydrogen-bond acceptors (Lipinski definition) is 2. The van der Waals surface area contributed by atoms with Crippen molar-refractivity contribution in [1.29, 1.82) is 0 Å². The van der Waals surface area contributed by atoms with Crippen LogP contribution in [0.4, 0.5) is 0 Å². The average Bonchev–Trinajstić information content (AvgIpc) is 2.70. The summed E-state index contributed by atoms with van der Waals surface area (Å²) in [6.07, 6.45) is 1.08. The Bertz CT molecular complexity index is 697. The number of nitrogens with two attached hydrogens (primary N) is 1. The Morgan fingerprint density at radius 3 is 1.72 bits per heavy atom. The van der Waals surface area contributed by atoms with Crippen molar-refractivity contribution in [2.24, 2.45) is 5.73 Å². The average molecular weight is 330 g/mol. The highest BCUT2D eigenvalue weighted by atomic mass is 14.8. The second-order valence-electron chi connectivity index (χ2n) is 6.36. The molecule has 0 fully saturated rings. The van der Waals surface area contributed by atoms with Crippen molar-refractivity contribution < 1.29 is 0 Å². The smallest absolute Gasteiger partial charge is 0.0205 e. The second kappa shape index (κ2) is 9.16. The highest BCUT2D eigenvalue weighted by Crippen LogP contribution is 2.27. The van der Waals surface area contributed by atoms with E-state index in [1.54, 1.807) is 0 Å². The van der Waals surface area contributed by atoms with Crippen molar-refractivity contribution in [2.45, 2.75) is 25.4 Å².